The maximum absolute atomic E-state index is 13.0. The van der Waals surface area contributed by atoms with Gasteiger partial charge in [-0.25, -0.2) is 0 Å². The lowest BCUT2D eigenvalue weighted by molar-refractivity contribution is -0.139. The number of nitrogens with zero attached hydrogens (tertiary/aromatic N) is 2. The molecule has 0 radical (unpaired) electrons. The average Bonchev–Trinajstić information content (AvgIpc) is 3.05. The summed E-state index contributed by atoms with van der Waals surface area (Å²) in [6.07, 6.45) is 11.6. The molecule has 4 rings (SSSR count). The molecule has 1 spiro atoms. The second-order valence-electron chi connectivity index (χ2n) is 8.24. The highest BCUT2D eigenvalue weighted by molar-refractivity contribution is 5.95. The van der Waals surface area contributed by atoms with Crippen molar-refractivity contribution in [3.05, 3.63) is 17.5 Å². The van der Waals surface area contributed by atoms with Crippen LogP contribution in [0, 0.1) is 0 Å². The van der Waals surface area contributed by atoms with Crippen LogP contribution < -0.4 is 5.32 Å². The summed E-state index contributed by atoms with van der Waals surface area (Å²) in [6, 6.07) is 0.175. The molecule has 3 heterocycles. The fourth-order valence-electron chi connectivity index (χ4n) is 4.86. The Morgan fingerprint density at radius 3 is 2.73 bits per heavy atom. The minimum Gasteiger partial charge on any atom is -0.381 e. The van der Waals surface area contributed by atoms with Crippen molar-refractivity contribution >= 4 is 5.91 Å². The summed E-state index contributed by atoms with van der Waals surface area (Å²) in [5.41, 5.74) is 1.67. The first-order chi connectivity index (χ1) is 12.7. The van der Waals surface area contributed by atoms with E-state index in [2.05, 4.69) is 10.4 Å². The highest BCUT2D eigenvalue weighted by Gasteiger charge is 2.39. The van der Waals surface area contributed by atoms with Crippen LogP contribution in [0.3, 0.4) is 0 Å². The van der Waals surface area contributed by atoms with E-state index in [9.17, 15) is 4.79 Å². The first-order valence-electron chi connectivity index (χ1n) is 10.2. The lowest BCUT2D eigenvalue weighted by Crippen LogP contribution is -2.51. The predicted octanol–water partition coefficient (Wildman–Crippen LogP) is 2.93. The van der Waals surface area contributed by atoms with Crippen molar-refractivity contribution in [3.63, 3.8) is 0 Å². The number of amides is 1. The van der Waals surface area contributed by atoms with Gasteiger partial charge in [0, 0.05) is 45.0 Å². The Morgan fingerprint density at radius 1 is 1.19 bits per heavy atom. The molecular weight excluding hydrogens is 330 g/mol. The molecule has 6 heteroatoms. The molecule has 2 aliphatic heterocycles. The van der Waals surface area contributed by atoms with Crippen LogP contribution in [-0.4, -0.2) is 47.2 Å². The molecule has 0 aromatic carbocycles. The van der Waals surface area contributed by atoms with Gasteiger partial charge in [-0.3, -0.25) is 9.48 Å². The molecule has 0 bridgehead atoms. The molecule has 1 atom stereocenters. The molecule has 26 heavy (non-hydrogen) atoms. The Morgan fingerprint density at radius 2 is 1.96 bits per heavy atom. The van der Waals surface area contributed by atoms with Crippen LogP contribution in [0.15, 0.2) is 6.20 Å². The third-order valence-corrected chi connectivity index (χ3v) is 6.33. The largest absolute Gasteiger partial charge is 0.381 e. The van der Waals surface area contributed by atoms with Gasteiger partial charge in [0.05, 0.1) is 16.9 Å². The van der Waals surface area contributed by atoms with Gasteiger partial charge in [0.25, 0.3) is 5.91 Å². The standard InChI is InChI=1S/C20H31N3O3/c1-23-14-17(18(22-23)15-5-3-2-4-6-15)19(24)21-16-7-10-26-20(13-16)8-11-25-12-9-20/h14-16H,2-13H2,1H3,(H,21,24). The summed E-state index contributed by atoms with van der Waals surface area (Å²) in [7, 11) is 1.91. The average molecular weight is 361 g/mol. The zero-order valence-corrected chi connectivity index (χ0v) is 15.8. The minimum atomic E-state index is -0.102. The summed E-state index contributed by atoms with van der Waals surface area (Å²) in [4.78, 5) is 13.0. The number of aryl methyl sites for hydroxylation is 1. The zero-order chi connectivity index (χ0) is 18.0. The van der Waals surface area contributed by atoms with Crippen molar-refractivity contribution in [2.24, 2.45) is 7.05 Å². The topological polar surface area (TPSA) is 65.4 Å². The molecule has 1 aromatic rings. The summed E-state index contributed by atoms with van der Waals surface area (Å²) in [6.45, 7) is 2.23. The molecule has 1 saturated carbocycles. The summed E-state index contributed by atoms with van der Waals surface area (Å²) < 4.78 is 13.4. The Hall–Kier alpha value is -1.40. The number of carbonyl (C=O) groups excluding carboxylic acids is 1. The van der Waals surface area contributed by atoms with E-state index < -0.39 is 0 Å². The number of hydrogen-bond acceptors (Lipinski definition) is 4. The summed E-state index contributed by atoms with van der Waals surface area (Å²) in [5, 5.41) is 7.93. The van der Waals surface area contributed by atoms with Gasteiger partial charge >= 0.3 is 0 Å². The van der Waals surface area contributed by atoms with Gasteiger partial charge in [-0.2, -0.15) is 5.10 Å². The minimum absolute atomic E-state index is 0.0350. The van der Waals surface area contributed by atoms with Gasteiger partial charge < -0.3 is 14.8 Å². The Bertz CT molecular complexity index is 625. The molecule has 1 aromatic heterocycles. The third-order valence-electron chi connectivity index (χ3n) is 6.33. The van der Waals surface area contributed by atoms with E-state index in [0.717, 1.165) is 63.0 Å². The number of nitrogens with one attached hydrogen (secondary N) is 1. The Balaban J connectivity index is 1.44. The van der Waals surface area contributed by atoms with E-state index in [4.69, 9.17) is 9.47 Å². The lowest BCUT2D eigenvalue weighted by Gasteiger charge is -2.43. The van der Waals surface area contributed by atoms with E-state index >= 15 is 0 Å². The molecular formula is C20H31N3O3. The molecule has 2 saturated heterocycles. The molecule has 6 nitrogen and oxygen atoms in total. The predicted molar refractivity (Wildman–Crippen MR) is 98.3 cm³/mol. The van der Waals surface area contributed by atoms with Gasteiger partial charge in [-0.15, -0.1) is 0 Å². The highest BCUT2D eigenvalue weighted by Crippen LogP contribution is 2.35. The van der Waals surface area contributed by atoms with Crippen molar-refractivity contribution in [3.8, 4) is 0 Å². The van der Waals surface area contributed by atoms with Gasteiger partial charge in [-0.05, 0) is 38.5 Å². The van der Waals surface area contributed by atoms with Crippen LogP contribution >= 0.6 is 0 Å². The van der Waals surface area contributed by atoms with Crippen LogP contribution in [-0.2, 0) is 16.5 Å². The van der Waals surface area contributed by atoms with Crippen LogP contribution in [0.2, 0.25) is 0 Å². The molecule has 144 valence electrons. The van der Waals surface area contributed by atoms with Gasteiger partial charge in [0.15, 0.2) is 0 Å². The van der Waals surface area contributed by atoms with E-state index in [-0.39, 0.29) is 17.6 Å². The monoisotopic (exact) mass is 361 g/mol. The number of hydrogen-bond donors (Lipinski definition) is 1. The van der Waals surface area contributed by atoms with Crippen molar-refractivity contribution < 1.29 is 14.3 Å². The highest BCUT2D eigenvalue weighted by atomic mass is 16.5. The number of aromatic nitrogens is 2. The fraction of sp³-hybridized carbons (Fsp3) is 0.800. The number of ether oxygens (including phenoxy) is 2. The first-order valence-corrected chi connectivity index (χ1v) is 10.2. The van der Waals surface area contributed by atoms with Crippen molar-refractivity contribution in [2.75, 3.05) is 19.8 Å². The Labute approximate surface area is 155 Å². The van der Waals surface area contributed by atoms with E-state index in [1.54, 1.807) is 4.68 Å². The number of carbonyl (C=O) groups is 1. The van der Waals surface area contributed by atoms with Crippen molar-refractivity contribution in [1.82, 2.24) is 15.1 Å². The van der Waals surface area contributed by atoms with Crippen molar-refractivity contribution in [1.29, 1.82) is 0 Å². The molecule has 1 aliphatic carbocycles. The van der Waals surface area contributed by atoms with Crippen molar-refractivity contribution in [2.45, 2.75) is 75.3 Å². The lowest BCUT2D eigenvalue weighted by atomic mass is 9.83. The smallest absolute Gasteiger partial charge is 0.254 e. The fourth-order valence-corrected chi connectivity index (χ4v) is 4.86. The Kier molecular flexibility index (Phi) is 5.32. The van der Waals surface area contributed by atoms with Crippen LogP contribution in [0.4, 0.5) is 0 Å². The van der Waals surface area contributed by atoms with E-state index in [0.29, 0.717) is 12.5 Å². The van der Waals surface area contributed by atoms with E-state index in [1.165, 1.54) is 19.3 Å². The molecule has 1 amide bonds. The zero-order valence-electron chi connectivity index (χ0n) is 15.8. The van der Waals surface area contributed by atoms with Crippen LogP contribution in [0.1, 0.15) is 79.8 Å². The molecule has 1 N–H and O–H groups in total. The van der Waals surface area contributed by atoms with Crippen LogP contribution in [0.5, 0.6) is 0 Å². The van der Waals surface area contributed by atoms with Gasteiger partial charge in [0.2, 0.25) is 0 Å². The summed E-state index contributed by atoms with van der Waals surface area (Å²) >= 11 is 0. The summed E-state index contributed by atoms with van der Waals surface area (Å²) in [5.74, 6) is 0.468. The second-order valence-corrected chi connectivity index (χ2v) is 8.24. The van der Waals surface area contributed by atoms with Gasteiger partial charge in [-0.1, -0.05) is 19.3 Å². The molecule has 1 unspecified atom stereocenters. The SMILES string of the molecule is Cn1cc(C(=O)NC2CCOC3(CCOCC3)C2)c(C2CCCCC2)n1. The maximum atomic E-state index is 13.0. The molecule has 3 fully saturated rings. The normalized spacial score (nSPS) is 26.7. The maximum Gasteiger partial charge on any atom is 0.254 e. The van der Waals surface area contributed by atoms with Crippen LogP contribution in [0.25, 0.3) is 0 Å². The van der Waals surface area contributed by atoms with E-state index in [1.807, 2.05) is 13.2 Å². The third kappa shape index (κ3) is 3.81. The molecule has 3 aliphatic rings. The quantitative estimate of drug-likeness (QED) is 0.899. The first kappa shape index (κ1) is 18.0. The van der Waals surface area contributed by atoms with Gasteiger partial charge in [0.1, 0.15) is 0 Å². The number of rotatable bonds is 3. The second kappa shape index (κ2) is 7.69.